The second kappa shape index (κ2) is 7.63. The van der Waals surface area contributed by atoms with Crippen molar-refractivity contribution in [3.63, 3.8) is 0 Å². The molecule has 0 bridgehead atoms. The number of benzene rings is 1. The average Bonchev–Trinajstić information content (AvgIpc) is 2.39. The van der Waals surface area contributed by atoms with Gasteiger partial charge in [0.25, 0.3) is 0 Å². The van der Waals surface area contributed by atoms with Crippen molar-refractivity contribution in [3.8, 4) is 0 Å². The Kier molecular flexibility index (Phi) is 6.04. The SMILES string of the molecule is C/C=C/CC(NCc1ccccc1)C(=O)OC. The van der Waals surface area contributed by atoms with Crippen molar-refractivity contribution in [2.75, 3.05) is 7.11 Å². The molecule has 17 heavy (non-hydrogen) atoms. The molecule has 1 atom stereocenters. The van der Waals surface area contributed by atoms with Crippen LogP contribution in [0.5, 0.6) is 0 Å². The van der Waals surface area contributed by atoms with Crippen LogP contribution in [0.3, 0.4) is 0 Å². The van der Waals surface area contributed by atoms with Crippen LogP contribution in [0.2, 0.25) is 0 Å². The number of hydrogen-bond donors (Lipinski definition) is 1. The molecule has 0 radical (unpaired) electrons. The summed E-state index contributed by atoms with van der Waals surface area (Å²) in [5.41, 5.74) is 1.15. The van der Waals surface area contributed by atoms with Crippen LogP contribution in [-0.4, -0.2) is 19.1 Å². The number of carbonyl (C=O) groups is 1. The molecule has 1 unspecified atom stereocenters. The molecule has 0 saturated heterocycles. The molecule has 1 aromatic rings. The molecule has 0 heterocycles. The van der Waals surface area contributed by atoms with Crippen molar-refractivity contribution in [1.82, 2.24) is 5.32 Å². The van der Waals surface area contributed by atoms with E-state index in [1.165, 1.54) is 7.11 Å². The van der Waals surface area contributed by atoms with Crippen molar-refractivity contribution in [1.29, 1.82) is 0 Å². The summed E-state index contributed by atoms with van der Waals surface area (Å²) >= 11 is 0. The van der Waals surface area contributed by atoms with Gasteiger partial charge in [-0.25, -0.2) is 0 Å². The molecule has 0 fully saturated rings. The zero-order valence-electron chi connectivity index (χ0n) is 10.3. The van der Waals surface area contributed by atoms with Crippen LogP contribution in [0.1, 0.15) is 18.9 Å². The van der Waals surface area contributed by atoms with Crippen molar-refractivity contribution >= 4 is 5.97 Å². The summed E-state index contributed by atoms with van der Waals surface area (Å²) in [7, 11) is 1.41. The van der Waals surface area contributed by atoms with Gasteiger partial charge in [-0.1, -0.05) is 42.5 Å². The van der Waals surface area contributed by atoms with Crippen LogP contribution in [0.15, 0.2) is 42.5 Å². The number of carbonyl (C=O) groups excluding carboxylic acids is 1. The third-order valence-corrected chi connectivity index (χ3v) is 2.49. The van der Waals surface area contributed by atoms with Crippen LogP contribution < -0.4 is 5.32 Å². The minimum absolute atomic E-state index is 0.223. The molecular formula is C14H19NO2. The molecule has 3 nitrogen and oxygen atoms in total. The summed E-state index contributed by atoms with van der Waals surface area (Å²) < 4.78 is 4.76. The lowest BCUT2D eigenvalue weighted by Crippen LogP contribution is -2.36. The second-order valence-electron chi connectivity index (χ2n) is 3.75. The number of hydrogen-bond acceptors (Lipinski definition) is 3. The fourth-order valence-corrected chi connectivity index (χ4v) is 1.51. The molecule has 0 aliphatic heterocycles. The van der Waals surface area contributed by atoms with Crippen LogP contribution in [0.25, 0.3) is 0 Å². The molecule has 0 aliphatic carbocycles. The normalized spacial score (nSPS) is 12.6. The molecular weight excluding hydrogens is 214 g/mol. The highest BCUT2D eigenvalue weighted by atomic mass is 16.5. The van der Waals surface area contributed by atoms with Crippen LogP contribution in [-0.2, 0) is 16.1 Å². The first-order chi connectivity index (χ1) is 8.27. The predicted octanol–water partition coefficient (Wildman–Crippen LogP) is 2.28. The molecule has 1 aromatic carbocycles. The zero-order valence-corrected chi connectivity index (χ0v) is 10.3. The van der Waals surface area contributed by atoms with E-state index in [4.69, 9.17) is 4.74 Å². The van der Waals surface area contributed by atoms with Gasteiger partial charge in [0.1, 0.15) is 6.04 Å². The quantitative estimate of drug-likeness (QED) is 0.605. The van der Waals surface area contributed by atoms with Crippen molar-refractivity contribution in [2.24, 2.45) is 0 Å². The third-order valence-electron chi connectivity index (χ3n) is 2.49. The maximum absolute atomic E-state index is 11.5. The summed E-state index contributed by atoms with van der Waals surface area (Å²) in [6.07, 6.45) is 4.54. The van der Waals surface area contributed by atoms with E-state index in [0.29, 0.717) is 13.0 Å². The lowest BCUT2D eigenvalue weighted by atomic mass is 10.1. The first-order valence-electron chi connectivity index (χ1n) is 5.74. The highest BCUT2D eigenvalue weighted by Gasteiger charge is 2.16. The summed E-state index contributed by atoms with van der Waals surface area (Å²) in [6.45, 7) is 2.60. The van der Waals surface area contributed by atoms with E-state index in [1.54, 1.807) is 0 Å². The lowest BCUT2D eigenvalue weighted by Gasteiger charge is -2.14. The number of methoxy groups -OCH3 is 1. The highest BCUT2D eigenvalue weighted by molar-refractivity contribution is 5.75. The fourth-order valence-electron chi connectivity index (χ4n) is 1.51. The monoisotopic (exact) mass is 233 g/mol. The molecule has 92 valence electrons. The smallest absolute Gasteiger partial charge is 0.323 e. The summed E-state index contributed by atoms with van der Waals surface area (Å²) in [6, 6.07) is 9.71. The Morgan fingerprint density at radius 2 is 2.12 bits per heavy atom. The maximum Gasteiger partial charge on any atom is 0.323 e. The minimum Gasteiger partial charge on any atom is -0.468 e. The maximum atomic E-state index is 11.5. The number of esters is 1. The Morgan fingerprint density at radius 1 is 1.41 bits per heavy atom. The number of allylic oxidation sites excluding steroid dienone is 1. The largest absolute Gasteiger partial charge is 0.468 e. The predicted molar refractivity (Wildman–Crippen MR) is 68.5 cm³/mol. The first kappa shape index (κ1) is 13.5. The van der Waals surface area contributed by atoms with Gasteiger partial charge in [0, 0.05) is 6.54 Å². The van der Waals surface area contributed by atoms with Gasteiger partial charge in [-0.15, -0.1) is 0 Å². The number of nitrogens with one attached hydrogen (secondary N) is 1. The molecule has 1 rings (SSSR count). The molecule has 3 heteroatoms. The molecule has 0 saturated carbocycles. The van der Waals surface area contributed by atoms with Crippen molar-refractivity contribution in [3.05, 3.63) is 48.0 Å². The first-order valence-corrected chi connectivity index (χ1v) is 5.74. The van der Waals surface area contributed by atoms with Gasteiger partial charge in [-0.05, 0) is 18.9 Å². The Morgan fingerprint density at radius 3 is 2.71 bits per heavy atom. The average molecular weight is 233 g/mol. The number of rotatable bonds is 6. The minimum atomic E-state index is -0.281. The van der Waals surface area contributed by atoms with Gasteiger partial charge in [0.15, 0.2) is 0 Å². The van der Waals surface area contributed by atoms with Gasteiger partial charge in [0.05, 0.1) is 7.11 Å². The Labute approximate surface area is 102 Å². The number of ether oxygens (including phenoxy) is 1. The van der Waals surface area contributed by atoms with Crippen molar-refractivity contribution in [2.45, 2.75) is 25.9 Å². The van der Waals surface area contributed by atoms with Gasteiger partial charge in [-0.2, -0.15) is 0 Å². The van der Waals surface area contributed by atoms with E-state index >= 15 is 0 Å². The standard InChI is InChI=1S/C14H19NO2/c1-3-4-10-13(14(16)17-2)15-11-12-8-6-5-7-9-12/h3-9,13,15H,10-11H2,1-2H3/b4-3+. The summed E-state index contributed by atoms with van der Waals surface area (Å²) in [5.74, 6) is -0.223. The van der Waals surface area contributed by atoms with Gasteiger partial charge in [0.2, 0.25) is 0 Å². The molecule has 0 spiro atoms. The van der Waals surface area contributed by atoms with E-state index in [1.807, 2.05) is 49.4 Å². The summed E-state index contributed by atoms with van der Waals surface area (Å²) in [5, 5.41) is 3.20. The van der Waals surface area contributed by atoms with E-state index < -0.39 is 0 Å². The fraction of sp³-hybridized carbons (Fsp3) is 0.357. The van der Waals surface area contributed by atoms with E-state index in [0.717, 1.165) is 5.56 Å². The Bertz CT molecular complexity index is 360. The molecule has 0 aromatic heterocycles. The van der Waals surface area contributed by atoms with Crippen LogP contribution in [0.4, 0.5) is 0 Å². The Balaban J connectivity index is 2.51. The van der Waals surface area contributed by atoms with Gasteiger partial charge < -0.3 is 10.1 Å². The van der Waals surface area contributed by atoms with Gasteiger partial charge >= 0.3 is 5.97 Å². The van der Waals surface area contributed by atoms with Crippen LogP contribution in [0, 0.1) is 0 Å². The van der Waals surface area contributed by atoms with Crippen molar-refractivity contribution < 1.29 is 9.53 Å². The third kappa shape index (κ3) is 4.83. The topological polar surface area (TPSA) is 38.3 Å². The molecule has 0 aliphatic rings. The van der Waals surface area contributed by atoms with Gasteiger partial charge in [-0.3, -0.25) is 4.79 Å². The van der Waals surface area contributed by atoms with E-state index in [2.05, 4.69) is 5.32 Å². The van der Waals surface area contributed by atoms with Crippen LogP contribution >= 0.6 is 0 Å². The lowest BCUT2D eigenvalue weighted by molar-refractivity contribution is -0.143. The zero-order chi connectivity index (χ0) is 12.5. The molecule has 1 N–H and O–H groups in total. The van der Waals surface area contributed by atoms with E-state index in [9.17, 15) is 4.79 Å². The van der Waals surface area contributed by atoms with E-state index in [-0.39, 0.29) is 12.0 Å². The highest BCUT2D eigenvalue weighted by Crippen LogP contribution is 2.02. The molecule has 0 amide bonds. The Hall–Kier alpha value is -1.61. The summed E-state index contributed by atoms with van der Waals surface area (Å²) in [4.78, 5) is 11.5. The second-order valence-corrected chi connectivity index (χ2v) is 3.75.